The van der Waals surface area contributed by atoms with Crippen LogP contribution in [-0.2, 0) is 4.79 Å². The number of carbonyl (C=O) groups is 1. The van der Waals surface area contributed by atoms with Gasteiger partial charge in [-0.3, -0.25) is 4.79 Å². The Morgan fingerprint density at radius 2 is 2.05 bits per heavy atom. The second kappa shape index (κ2) is 6.42. The monoisotopic (exact) mass is 331 g/mol. The number of hydrogen-bond acceptors (Lipinski definition) is 3. The molecule has 0 aliphatic rings. The summed E-state index contributed by atoms with van der Waals surface area (Å²) in [6.07, 6.45) is 0. The van der Waals surface area contributed by atoms with Crippen LogP contribution in [0.1, 0.15) is 5.56 Å². The van der Waals surface area contributed by atoms with Crippen LogP contribution in [0.15, 0.2) is 47.6 Å². The fraction of sp³-hybridized carbons (Fsp3) is 0.125. The molecule has 2 aromatic carbocycles. The molecule has 112 valence electrons. The summed E-state index contributed by atoms with van der Waals surface area (Å²) in [5, 5.41) is 4.21. The van der Waals surface area contributed by atoms with Gasteiger partial charge in [0.05, 0.1) is 16.8 Å². The molecule has 0 atom stereocenters. The summed E-state index contributed by atoms with van der Waals surface area (Å²) in [5.74, 6) is 0.230. The van der Waals surface area contributed by atoms with Gasteiger partial charge in [0.2, 0.25) is 5.91 Å². The summed E-state index contributed by atoms with van der Waals surface area (Å²) in [7, 11) is 0. The Bertz CT molecular complexity index is 814. The lowest BCUT2D eigenvalue weighted by atomic mass is 10.2. The first-order valence-corrected chi connectivity index (χ1v) is 8.11. The Balaban J connectivity index is 1.61. The van der Waals surface area contributed by atoms with Crippen molar-refractivity contribution in [3.05, 3.63) is 53.1 Å². The molecule has 2 N–H and O–H groups in total. The molecule has 0 radical (unpaired) electrons. The number of imidazole rings is 1. The zero-order valence-corrected chi connectivity index (χ0v) is 13.5. The minimum Gasteiger partial charge on any atom is -0.333 e. The zero-order valence-electron chi connectivity index (χ0n) is 11.9. The third-order valence-electron chi connectivity index (χ3n) is 3.10. The Morgan fingerprint density at radius 3 is 2.82 bits per heavy atom. The van der Waals surface area contributed by atoms with Crippen LogP contribution in [-0.4, -0.2) is 21.6 Å². The van der Waals surface area contributed by atoms with E-state index in [1.165, 1.54) is 11.8 Å². The largest absolute Gasteiger partial charge is 0.333 e. The quantitative estimate of drug-likeness (QED) is 0.702. The molecule has 0 bridgehead atoms. The number of aryl methyl sites for hydroxylation is 1. The molecule has 0 saturated heterocycles. The predicted molar refractivity (Wildman–Crippen MR) is 91.6 cm³/mol. The van der Waals surface area contributed by atoms with E-state index in [0.29, 0.717) is 15.9 Å². The van der Waals surface area contributed by atoms with Crippen molar-refractivity contribution in [2.45, 2.75) is 12.1 Å². The van der Waals surface area contributed by atoms with E-state index >= 15 is 0 Å². The van der Waals surface area contributed by atoms with Crippen molar-refractivity contribution in [2.75, 3.05) is 11.1 Å². The van der Waals surface area contributed by atoms with Crippen molar-refractivity contribution in [2.24, 2.45) is 0 Å². The maximum absolute atomic E-state index is 11.9. The van der Waals surface area contributed by atoms with Crippen molar-refractivity contribution in [1.29, 1.82) is 0 Å². The highest BCUT2D eigenvalue weighted by Gasteiger charge is 2.08. The molecule has 1 heterocycles. The van der Waals surface area contributed by atoms with Crippen molar-refractivity contribution >= 4 is 46.0 Å². The summed E-state index contributed by atoms with van der Waals surface area (Å²) in [6.45, 7) is 2.01. The van der Waals surface area contributed by atoms with Gasteiger partial charge in [-0.2, -0.15) is 0 Å². The first-order valence-electron chi connectivity index (χ1n) is 6.75. The molecule has 0 aliphatic heterocycles. The van der Waals surface area contributed by atoms with Crippen LogP contribution in [0.2, 0.25) is 5.02 Å². The first kappa shape index (κ1) is 14.9. The number of anilines is 1. The van der Waals surface area contributed by atoms with Crippen LogP contribution in [0.3, 0.4) is 0 Å². The zero-order chi connectivity index (χ0) is 15.5. The van der Waals surface area contributed by atoms with Crippen molar-refractivity contribution < 1.29 is 4.79 Å². The van der Waals surface area contributed by atoms with Gasteiger partial charge in [0.1, 0.15) is 0 Å². The highest BCUT2D eigenvalue weighted by Crippen LogP contribution is 2.22. The molecular weight excluding hydrogens is 318 g/mol. The van der Waals surface area contributed by atoms with Crippen LogP contribution in [0.5, 0.6) is 0 Å². The second-order valence-corrected chi connectivity index (χ2v) is 6.31. The van der Waals surface area contributed by atoms with E-state index in [1.54, 1.807) is 12.1 Å². The third-order valence-corrected chi connectivity index (χ3v) is 4.21. The van der Waals surface area contributed by atoms with Crippen molar-refractivity contribution in [3.63, 3.8) is 0 Å². The minimum absolute atomic E-state index is 0.0626. The van der Waals surface area contributed by atoms with Crippen LogP contribution < -0.4 is 5.32 Å². The average molecular weight is 332 g/mol. The van der Waals surface area contributed by atoms with Gasteiger partial charge in [-0.05, 0) is 37.3 Å². The summed E-state index contributed by atoms with van der Waals surface area (Å²) >= 11 is 7.29. The minimum atomic E-state index is -0.0626. The molecule has 0 fully saturated rings. The maximum Gasteiger partial charge on any atom is 0.234 e. The first-order chi connectivity index (χ1) is 10.6. The number of H-pyrrole nitrogens is 1. The fourth-order valence-corrected chi connectivity index (χ4v) is 2.84. The molecule has 6 heteroatoms. The predicted octanol–water partition coefficient (Wildman–Crippen LogP) is 4.26. The van der Waals surface area contributed by atoms with Gasteiger partial charge in [0.15, 0.2) is 5.16 Å². The Morgan fingerprint density at radius 1 is 1.27 bits per heavy atom. The van der Waals surface area contributed by atoms with Gasteiger partial charge < -0.3 is 10.3 Å². The third kappa shape index (κ3) is 3.61. The van der Waals surface area contributed by atoms with E-state index in [4.69, 9.17) is 11.6 Å². The topological polar surface area (TPSA) is 57.8 Å². The van der Waals surface area contributed by atoms with Crippen LogP contribution in [0, 0.1) is 6.92 Å². The number of benzene rings is 2. The molecule has 0 saturated carbocycles. The van der Waals surface area contributed by atoms with E-state index in [9.17, 15) is 4.79 Å². The lowest BCUT2D eigenvalue weighted by Crippen LogP contribution is -2.14. The number of amides is 1. The number of nitrogens with zero attached hydrogens (tertiary/aromatic N) is 1. The van der Waals surface area contributed by atoms with Gasteiger partial charge in [0.25, 0.3) is 0 Å². The number of nitrogens with one attached hydrogen (secondary N) is 2. The van der Waals surface area contributed by atoms with E-state index in [1.807, 2.05) is 37.3 Å². The molecule has 0 spiro atoms. The Kier molecular flexibility index (Phi) is 4.36. The van der Waals surface area contributed by atoms with Gasteiger partial charge in [-0.25, -0.2) is 4.98 Å². The summed E-state index contributed by atoms with van der Waals surface area (Å²) in [4.78, 5) is 19.5. The molecule has 3 aromatic rings. The highest BCUT2D eigenvalue weighted by molar-refractivity contribution is 7.99. The Labute approximate surface area is 137 Å². The molecule has 22 heavy (non-hydrogen) atoms. The number of fused-ring (bicyclic) bond motifs is 1. The smallest absolute Gasteiger partial charge is 0.234 e. The summed E-state index contributed by atoms with van der Waals surface area (Å²) in [6, 6.07) is 13.2. The lowest BCUT2D eigenvalue weighted by molar-refractivity contribution is -0.113. The number of carbonyl (C=O) groups excluding carboxylic acids is 1. The molecular formula is C16H14ClN3OS. The number of thioether (sulfide) groups is 1. The molecule has 3 rings (SSSR count). The van der Waals surface area contributed by atoms with Crippen LogP contribution in [0.25, 0.3) is 11.0 Å². The second-order valence-electron chi connectivity index (χ2n) is 4.91. The molecule has 0 unspecified atom stereocenters. The highest BCUT2D eigenvalue weighted by atomic mass is 35.5. The fourth-order valence-electron chi connectivity index (χ4n) is 1.99. The van der Waals surface area contributed by atoms with Crippen LogP contribution >= 0.6 is 23.4 Å². The van der Waals surface area contributed by atoms with Gasteiger partial charge >= 0.3 is 0 Å². The SMILES string of the molecule is Cc1ccc(NC(=O)CSc2nc3cc(Cl)ccc3[nH]2)cc1. The number of hydrogen-bond donors (Lipinski definition) is 2. The van der Waals surface area contributed by atoms with Crippen molar-refractivity contribution in [3.8, 4) is 0 Å². The molecule has 0 aliphatic carbocycles. The van der Waals surface area contributed by atoms with E-state index in [-0.39, 0.29) is 5.91 Å². The van der Waals surface area contributed by atoms with Crippen molar-refractivity contribution in [1.82, 2.24) is 9.97 Å². The summed E-state index contributed by atoms with van der Waals surface area (Å²) < 4.78 is 0. The number of aromatic nitrogens is 2. The standard InChI is InChI=1S/C16H14ClN3OS/c1-10-2-5-12(6-3-10)18-15(21)9-22-16-19-13-7-4-11(17)8-14(13)20-16/h2-8H,9H2,1H3,(H,18,21)(H,19,20). The lowest BCUT2D eigenvalue weighted by Gasteiger charge is -2.04. The Hall–Kier alpha value is -1.98. The molecule has 1 amide bonds. The van der Waals surface area contributed by atoms with Gasteiger partial charge in [-0.15, -0.1) is 0 Å². The maximum atomic E-state index is 11.9. The number of aromatic amines is 1. The van der Waals surface area contributed by atoms with Gasteiger partial charge in [0, 0.05) is 10.7 Å². The number of halogens is 1. The summed E-state index contributed by atoms with van der Waals surface area (Å²) in [5.41, 5.74) is 3.67. The normalized spacial score (nSPS) is 10.8. The van der Waals surface area contributed by atoms with Gasteiger partial charge in [-0.1, -0.05) is 41.1 Å². The van der Waals surface area contributed by atoms with E-state index in [0.717, 1.165) is 22.3 Å². The van der Waals surface area contributed by atoms with E-state index in [2.05, 4.69) is 15.3 Å². The molecule has 4 nitrogen and oxygen atoms in total. The van der Waals surface area contributed by atoms with E-state index < -0.39 is 0 Å². The van der Waals surface area contributed by atoms with Crippen LogP contribution in [0.4, 0.5) is 5.69 Å². The number of rotatable bonds is 4. The average Bonchev–Trinajstić information content (AvgIpc) is 2.89. The molecule has 1 aromatic heterocycles.